The number of nitrogens with zero attached hydrogens (tertiary/aromatic N) is 1. The highest BCUT2D eigenvalue weighted by Gasteiger charge is 2.23. The highest BCUT2D eigenvalue weighted by molar-refractivity contribution is 6.35. The Morgan fingerprint density at radius 3 is 2.70 bits per heavy atom. The van der Waals surface area contributed by atoms with Crippen molar-refractivity contribution in [3.8, 4) is 11.5 Å². The molecule has 3 rings (SSSR count). The molecule has 2 aromatic rings. The molecule has 0 radical (unpaired) electrons. The van der Waals surface area contributed by atoms with E-state index in [1.165, 1.54) is 12.0 Å². The van der Waals surface area contributed by atoms with Crippen molar-refractivity contribution < 1.29 is 19.1 Å². The molecule has 0 unspecified atom stereocenters. The Morgan fingerprint density at radius 2 is 2.00 bits per heavy atom. The largest absolute Gasteiger partial charge is 0.493 e. The molecule has 6 nitrogen and oxygen atoms in total. The number of benzene rings is 2. The van der Waals surface area contributed by atoms with Crippen LogP contribution in [0.25, 0.3) is 0 Å². The van der Waals surface area contributed by atoms with Crippen LogP contribution in [0.3, 0.4) is 0 Å². The Balaban J connectivity index is 1.73. The minimum atomic E-state index is -0.226. The smallest absolute Gasteiger partial charge is 0.254 e. The van der Waals surface area contributed by atoms with Crippen LogP contribution in [-0.2, 0) is 11.4 Å². The van der Waals surface area contributed by atoms with Crippen LogP contribution in [-0.4, -0.2) is 43.5 Å². The molecular weight excluding hydrogens is 391 g/mol. The number of amides is 2. The van der Waals surface area contributed by atoms with E-state index in [2.05, 4.69) is 5.32 Å². The third-order valence-corrected chi connectivity index (χ3v) is 4.72. The van der Waals surface area contributed by atoms with E-state index in [9.17, 15) is 9.59 Å². The number of halogens is 2. The van der Waals surface area contributed by atoms with Crippen molar-refractivity contribution in [1.29, 1.82) is 0 Å². The summed E-state index contributed by atoms with van der Waals surface area (Å²) in [5.41, 5.74) is 1.21. The first-order valence-corrected chi connectivity index (χ1v) is 9.04. The minimum Gasteiger partial charge on any atom is -0.493 e. The van der Waals surface area contributed by atoms with Gasteiger partial charge in [0, 0.05) is 34.3 Å². The Kier molecular flexibility index (Phi) is 6.08. The third kappa shape index (κ3) is 4.64. The highest BCUT2D eigenvalue weighted by Crippen LogP contribution is 2.30. The zero-order valence-corrected chi connectivity index (χ0v) is 16.1. The molecular formula is C19H18Cl2N2O4. The summed E-state index contributed by atoms with van der Waals surface area (Å²) in [6, 6.07) is 10.1. The first-order chi connectivity index (χ1) is 13.0. The van der Waals surface area contributed by atoms with Gasteiger partial charge < -0.3 is 19.7 Å². The highest BCUT2D eigenvalue weighted by atomic mass is 35.5. The van der Waals surface area contributed by atoms with Crippen molar-refractivity contribution >= 4 is 35.0 Å². The molecule has 1 heterocycles. The number of rotatable bonds is 5. The fourth-order valence-electron chi connectivity index (χ4n) is 2.71. The number of carbonyl (C=O) groups excluding carboxylic acids is 2. The lowest BCUT2D eigenvalue weighted by Crippen LogP contribution is -2.49. The molecule has 0 aliphatic carbocycles. The molecule has 0 saturated carbocycles. The molecule has 1 fully saturated rings. The van der Waals surface area contributed by atoms with Crippen LogP contribution in [0.4, 0.5) is 0 Å². The summed E-state index contributed by atoms with van der Waals surface area (Å²) in [6.07, 6.45) is 0. The van der Waals surface area contributed by atoms with E-state index in [4.69, 9.17) is 32.7 Å². The monoisotopic (exact) mass is 408 g/mol. The first-order valence-electron chi connectivity index (χ1n) is 8.28. The topological polar surface area (TPSA) is 67.9 Å². The molecule has 0 atom stereocenters. The molecule has 1 saturated heterocycles. The summed E-state index contributed by atoms with van der Waals surface area (Å²) in [4.78, 5) is 25.6. The number of piperazine rings is 1. The summed E-state index contributed by atoms with van der Waals surface area (Å²) in [7, 11) is 1.50. The van der Waals surface area contributed by atoms with E-state index in [0.29, 0.717) is 40.2 Å². The van der Waals surface area contributed by atoms with Crippen molar-refractivity contribution in [2.75, 3.05) is 26.7 Å². The van der Waals surface area contributed by atoms with Crippen LogP contribution in [0.15, 0.2) is 36.4 Å². The summed E-state index contributed by atoms with van der Waals surface area (Å²) >= 11 is 12.1. The molecule has 0 spiro atoms. The second kappa shape index (κ2) is 8.50. The maximum atomic E-state index is 12.6. The summed E-state index contributed by atoms with van der Waals surface area (Å²) in [5, 5.41) is 3.76. The lowest BCUT2D eigenvalue weighted by atomic mass is 10.1. The fourth-order valence-corrected chi connectivity index (χ4v) is 3.17. The molecule has 1 N–H and O–H groups in total. The van der Waals surface area contributed by atoms with Gasteiger partial charge in [-0.05, 0) is 30.3 Å². The van der Waals surface area contributed by atoms with Gasteiger partial charge in [-0.3, -0.25) is 9.59 Å². The van der Waals surface area contributed by atoms with Gasteiger partial charge in [0.25, 0.3) is 5.91 Å². The molecule has 0 bridgehead atoms. The van der Waals surface area contributed by atoms with Gasteiger partial charge in [-0.25, -0.2) is 0 Å². The van der Waals surface area contributed by atoms with Gasteiger partial charge in [-0.2, -0.15) is 0 Å². The van der Waals surface area contributed by atoms with Crippen molar-refractivity contribution in [3.63, 3.8) is 0 Å². The van der Waals surface area contributed by atoms with E-state index in [-0.39, 0.29) is 25.0 Å². The van der Waals surface area contributed by atoms with Crippen molar-refractivity contribution in [2.45, 2.75) is 6.61 Å². The maximum absolute atomic E-state index is 12.6. The van der Waals surface area contributed by atoms with Gasteiger partial charge in [0.05, 0.1) is 13.7 Å². The molecule has 2 amide bonds. The van der Waals surface area contributed by atoms with E-state index in [1.54, 1.807) is 36.4 Å². The van der Waals surface area contributed by atoms with Gasteiger partial charge in [-0.1, -0.05) is 29.3 Å². The predicted molar refractivity (Wildman–Crippen MR) is 103 cm³/mol. The molecule has 1 aliphatic heterocycles. The van der Waals surface area contributed by atoms with Crippen LogP contribution >= 0.6 is 23.2 Å². The third-order valence-electron chi connectivity index (χ3n) is 4.13. The fraction of sp³-hybridized carbons (Fsp3) is 0.263. The zero-order valence-electron chi connectivity index (χ0n) is 14.6. The quantitative estimate of drug-likeness (QED) is 0.824. The molecule has 142 valence electrons. The summed E-state index contributed by atoms with van der Waals surface area (Å²) < 4.78 is 11.1. The van der Waals surface area contributed by atoms with Gasteiger partial charge in [0.15, 0.2) is 11.5 Å². The number of hydrogen-bond acceptors (Lipinski definition) is 4. The second-order valence-electron chi connectivity index (χ2n) is 5.97. The van der Waals surface area contributed by atoms with Gasteiger partial charge in [0.2, 0.25) is 5.91 Å². The van der Waals surface area contributed by atoms with Gasteiger partial charge >= 0.3 is 0 Å². The lowest BCUT2D eigenvalue weighted by molar-refractivity contribution is -0.123. The van der Waals surface area contributed by atoms with Crippen molar-refractivity contribution in [3.05, 3.63) is 57.6 Å². The molecule has 27 heavy (non-hydrogen) atoms. The number of nitrogens with one attached hydrogen (secondary N) is 1. The van der Waals surface area contributed by atoms with Crippen LogP contribution in [0, 0.1) is 0 Å². The average molecular weight is 409 g/mol. The van der Waals surface area contributed by atoms with Crippen LogP contribution < -0.4 is 14.8 Å². The second-order valence-corrected chi connectivity index (χ2v) is 6.81. The summed E-state index contributed by atoms with van der Waals surface area (Å²) in [6.45, 7) is 1.20. The van der Waals surface area contributed by atoms with E-state index < -0.39 is 0 Å². The number of carbonyl (C=O) groups is 2. The number of methoxy groups -OCH3 is 1. The standard InChI is InChI=1S/C19H18Cl2N2O4/c1-26-17-8-12(19(25)23-7-6-22-18(24)10-23)3-5-16(17)27-11-13-2-4-14(20)9-15(13)21/h2-5,8-9H,6-7,10-11H2,1H3,(H,22,24). The normalized spacial score (nSPS) is 13.9. The van der Waals surface area contributed by atoms with E-state index in [1.807, 2.05) is 0 Å². The number of ether oxygens (including phenoxy) is 2. The maximum Gasteiger partial charge on any atom is 0.254 e. The van der Waals surface area contributed by atoms with Crippen molar-refractivity contribution in [2.24, 2.45) is 0 Å². The predicted octanol–water partition coefficient (Wildman–Crippen LogP) is 3.15. The molecule has 2 aromatic carbocycles. The van der Waals surface area contributed by atoms with Crippen LogP contribution in [0.5, 0.6) is 11.5 Å². The van der Waals surface area contributed by atoms with Gasteiger partial charge in [-0.15, -0.1) is 0 Å². The molecule has 8 heteroatoms. The Morgan fingerprint density at radius 1 is 1.19 bits per heavy atom. The first kappa shape index (κ1) is 19.3. The Hall–Kier alpha value is -2.44. The van der Waals surface area contributed by atoms with E-state index >= 15 is 0 Å². The van der Waals surface area contributed by atoms with Crippen molar-refractivity contribution in [1.82, 2.24) is 10.2 Å². The Bertz CT molecular complexity index is 873. The van der Waals surface area contributed by atoms with Gasteiger partial charge in [0.1, 0.15) is 6.61 Å². The minimum absolute atomic E-state index is 0.0501. The van der Waals surface area contributed by atoms with E-state index in [0.717, 1.165) is 5.56 Å². The van der Waals surface area contributed by atoms with Crippen LogP contribution in [0.2, 0.25) is 10.0 Å². The molecule has 0 aromatic heterocycles. The zero-order chi connectivity index (χ0) is 19.4. The Labute approximate surface area is 167 Å². The average Bonchev–Trinajstić information content (AvgIpc) is 2.66. The molecule has 1 aliphatic rings. The number of hydrogen-bond donors (Lipinski definition) is 1. The lowest BCUT2D eigenvalue weighted by Gasteiger charge is -2.26. The SMILES string of the molecule is COc1cc(C(=O)N2CCNC(=O)C2)ccc1OCc1ccc(Cl)cc1Cl. The summed E-state index contributed by atoms with van der Waals surface area (Å²) in [5.74, 6) is 0.514. The van der Waals surface area contributed by atoms with Crippen LogP contribution in [0.1, 0.15) is 15.9 Å².